The van der Waals surface area contributed by atoms with Gasteiger partial charge < -0.3 is 60.5 Å². The van der Waals surface area contributed by atoms with Gasteiger partial charge in [-0.2, -0.15) is 0 Å². The van der Waals surface area contributed by atoms with Gasteiger partial charge in [0.15, 0.2) is 0 Å². The summed E-state index contributed by atoms with van der Waals surface area (Å²) in [6.07, 6.45) is -1.59. The van der Waals surface area contributed by atoms with Crippen molar-refractivity contribution in [2.45, 2.75) is 47.7 Å². The van der Waals surface area contributed by atoms with Crippen molar-refractivity contribution in [3.8, 4) is 69.0 Å². The second-order valence-electron chi connectivity index (χ2n) is 18.2. The van der Waals surface area contributed by atoms with Crippen LogP contribution < -0.4 is 9.47 Å². The number of ether oxygens (including phenoxy) is 2. The fourth-order valence-electron chi connectivity index (χ4n) is 12.0. The molecule has 0 bridgehead atoms. The van der Waals surface area contributed by atoms with E-state index in [0.29, 0.717) is 72.7 Å². The average Bonchev–Trinajstić information content (AvgIpc) is 3.96. The molecule has 2 aliphatic carbocycles. The van der Waals surface area contributed by atoms with Gasteiger partial charge in [-0.1, -0.05) is 48.5 Å². The molecule has 12 heteroatoms. The van der Waals surface area contributed by atoms with Crippen LogP contribution in [-0.2, 0) is 0 Å². The number of benzene rings is 8. The van der Waals surface area contributed by atoms with Gasteiger partial charge in [-0.05, 0) is 117 Å². The van der Waals surface area contributed by atoms with E-state index in [1.807, 2.05) is 12.1 Å². The SMILES string of the molecule is Oc1ccc([C@@H]2c3c(O)cc(O)cc3C3c4c(cc(O)c5c4C2[C@H](c2ccc(O)cc2)[C@H]5c2cc(O)cc4c2[C@H](c2cc(O)cc(O)c2)[C@@H](c2ccc(O)cc2)O4)O[C@H]3c2ccc(O)cc2)cc1. The Morgan fingerprint density at radius 1 is 0.265 bits per heavy atom. The summed E-state index contributed by atoms with van der Waals surface area (Å²) in [7, 11) is 0. The highest BCUT2D eigenvalue weighted by Gasteiger charge is 2.57. The number of fused-ring (bicyclic) bond motifs is 3. The van der Waals surface area contributed by atoms with Crippen molar-refractivity contribution in [1.82, 2.24) is 0 Å². The minimum absolute atomic E-state index is 0.0105. The molecule has 0 saturated carbocycles. The molecule has 0 fully saturated rings. The summed E-state index contributed by atoms with van der Waals surface area (Å²) < 4.78 is 13.7. The first kappa shape index (κ1) is 40.8. The van der Waals surface area contributed by atoms with Gasteiger partial charge >= 0.3 is 0 Å². The van der Waals surface area contributed by atoms with Crippen molar-refractivity contribution in [1.29, 1.82) is 0 Å². The molecule has 4 aliphatic rings. The number of hydrogen-bond donors (Lipinski definition) is 10. The predicted molar refractivity (Wildman–Crippen MR) is 248 cm³/mol. The second-order valence-corrected chi connectivity index (χ2v) is 18.2. The predicted octanol–water partition coefficient (Wildman–Crippen LogP) is 10.4. The molecule has 0 aromatic heterocycles. The molecule has 8 aromatic carbocycles. The lowest BCUT2D eigenvalue weighted by atomic mass is 9.68. The number of phenols is 10. The van der Waals surface area contributed by atoms with Gasteiger partial charge in [0.2, 0.25) is 0 Å². The van der Waals surface area contributed by atoms with E-state index in [1.165, 1.54) is 30.3 Å². The largest absolute Gasteiger partial charge is 0.508 e. The Balaban J connectivity index is 1.20. The third-order valence-corrected chi connectivity index (χ3v) is 14.4. The summed E-state index contributed by atoms with van der Waals surface area (Å²) in [5, 5.41) is 112. The van der Waals surface area contributed by atoms with Crippen LogP contribution in [0.4, 0.5) is 0 Å². The first-order valence-corrected chi connectivity index (χ1v) is 22.2. The van der Waals surface area contributed by atoms with E-state index < -0.39 is 47.7 Å². The topological polar surface area (TPSA) is 221 Å². The zero-order chi connectivity index (χ0) is 46.9. The Bertz CT molecular complexity index is 3310. The normalized spacial score (nSPS) is 22.6. The Kier molecular flexibility index (Phi) is 8.97. The number of phenolic OH excluding ortho intramolecular Hbond substituents is 10. The Morgan fingerprint density at radius 2 is 0.706 bits per heavy atom. The maximum Gasteiger partial charge on any atom is 0.135 e. The van der Waals surface area contributed by atoms with Gasteiger partial charge in [-0.15, -0.1) is 0 Å². The van der Waals surface area contributed by atoms with E-state index in [4.69, 9.17) is 9.47 Å². The van der Waals surface area contributed by atoms with Crippen molar-refractivity contribution in [3.05, 3.63) is 212 Å². The van der Waals surface area contributed by atoms with E-state index in [-0.39, 0.29) is 57.5 Å². The van der Waals surface area contributed by atoms with E-state index in [0.717, 1.165) is 5.56 Å². The zero-order valence-corrected chi connectivity index (χ0v) is 35.8. The lowest BCUT2D eigenvalue weighted by molar-refractivity contribution is 0.221. The molecule has 0 spiro atoms. The maximum atomic E-state index is 12.8. The molecule has 2 aliphatic heterocycles. The highest BCUT2D eigenvalue weighted by atomic mass is 16.5. The molecule has 0 radical (unpaired) electrons. The monoisotopic (exact) mass is 906 g/mol. The highest BCUT2D eigenvalue weighted by Crippen LogP contribution is 2.72. The summed E-state index contributed by atoms with van der Waals surface area (Å²) in [6, 6.07) is 38.6. The summed E-state index contributed by atoms with van der Waals surface area (Å²) in [5.41, 5.74) is 7.26. The van der Waals surface area contributed by atoms with Crippen molar-refractivity contribution in [2.75, 3.05) is 0 Å². The first-order valence-electron chi connectivity index (χ1n) is 22.2. The molecule has 68 heavy (non-hydrogen) atoms. The van der Waals surface area contributed by atoms with Gasteiger partial charge in [-0.25, -0.2) is 0 Å². The third kappa shape index (κ3) is 6.20. The fraction of sp³-hybridized carbons (Fsp3) is 0.143. The van der Waals surface area contributed by atoms with Crippen molar-refractivity contribution >= 4 is 0 Å². The molecule has 10 N–H and O–H groups in total. The minimum atomic E-state index is -0.838. The van der Waals surface area contributed by atoms with Crippen LogP contribution in [0.5, 0.6) is 69.0 Å². The first-order chi connectivity index (χ1) is 32.8. The molecular formula is C56H42O12. The summed E-state index contributed by atoms with van der Waals surface area (Å²) in [6.45, 7) is 0. The summed E-state index contributed by atoms with van der Waals surface area (Å²) in [5.74, 6) is -4.72. The van der Waals surface area contributed by atoms with E-state index in [1.54, 1.807) is 103 Å². The van der Waals surface area contributed by atoms with Crippen LogP contribution in [-0.4, -0.2) is 51.1 Å². The van der Waals surface area contributed by atoms with Crippen LogP contribution in [0.3, 0.4) is 0 Å². The standard InChI is InChI=1S/C56H42O12/c57-30-9-1-25(2-10-30)44-47-38(20-36(63)22-40(47)65)50-52-43(68-56(50)28-7-15-33(60)16-8-28)24-41(66)51-49(45(53(44)54(51)52)26-3-11-31(58)12-4-26)39-21-37(64)23-42-48(39)46(29-17-34(61)19-35(62)18-29)55(67-42)27-5-13-32(59)14-6-27/h1-24,44-46,49-50,53,55-66H/t44-,45-,46+,49-,50?,53?,55-,56+/m1/s1. The lowest BCUT2D eigenvalue weighted by Gasteiger charge is -2.35. The molecular weight excluding hydrogens is 865 g/mol. The van der Waals surface area contributed by atoms with E-state index >= 15 is 0 Å². The second kappa shape index (κ2) is 14.9. The van der Waals surface area contributed by atoms with Crippen LogP contribution in [0, 0.1) is 0 Å². The van der Waals surface area contributed by atoms with Crippen LogP contribution in [0.2, 0.25) is 0 Å². The molecule has 8 atom stereocenters. The number of aromatic hydroxyl groups is 10. The zero-order valence-electron chi connectivity index (χ0n) is 35.8. The van der Waals surface area contributed by atoms with Gasteiger partial charge in [-0.3, -0.25) is 0 Å². The van der Waals surface area contributed by atoms with Crippen LogP contribution >= 0.6 is 0 Å². The minimum Gasteiger partial charge on any atom is -0.508 e. The van der Waals surface area contributed by atoms with Gasteiger partial charge in [0, 0.05) is 70.2 Å². The molecule has 2 unspecified atom stereocenters. The fourth-order valence-corrected chi connectivity index (χ4v) is 12.0. The van der Waals surface area contributed by atoms with Gasteiger partial charge in [0.1, 0.15) is 81.2 Å². The lowest BCUT2D eigenvalue weighted by Crippen LogP contribution is -2.21. The Hall–Kier alpha value is -8.64. The van der Waals surface area contributed by atoms with Crippen molar-refractivity contribution in [3.63, 3.8) is 0 Å². The Morgan fingerprint density at radius 3 is 1.26 bits per heavy atom. The quantitative estimate of drug-likeness (QED) is 0.0753. The van der Waals surface area contributed by atoms with Crippen LogP contribution in [0.15, 0.2) is 146 Å². The number of rotatable bonds is 6. The summed E-state index contributed by atoms with van der Waals surface area (Å²) in [4.78, 5) is 0. The third-order valence-electron chi connectivity index (χ3n) is 14.4. The number of hydrogen-bond acceptors (Lipinski definition) is 12. The molecule has 0 amide bonds. The molecule has 0 saturated heterocycles. The van der Waals surface area contributed by atoms with Crippen molar-refractivity contribution < 1.29 is 60.5 Å². The van der Waals surface area contributed by atoms with E-state index in [2.05, 4.69) is 0 Å². The van der Waals surface area contributed by atoms with Crippen LogP contribution in [0.25, 0.3) is 0 Å². The molecule has 2 heterocycles. The molecule has 12 rings (SSSR count). The van der Waals surface area contributed by atoms with Crippen molar-refractivity contribution in [2.24, 2.45) is 0 Å². The maximum absolute atomic E-state index is 12.8. The summed E-state index contributed by atoms with van der Waals surface area (Å²) >= 11 is 0. The molecule has 12 nitrogen and oxygen atoms in total. The van der Waals surface area contributed by atoms with Gasteiger partial charge in [0.05, 0.1) is 11.8 Å². The van der Waals surface area contributed by atoms with Gasteiger partial charge in [0.25, 0.3) is 0 Å². The average molecular weight is 907 g/mol. The van der Waals surface area contributed by atoms with E-state index in [9.17, 15) is 51.1 Å². The molecule has 338 valence electrons. The Labute approximate surface area is 388 Å². The van der Waals surface area contributed by atoms with Crippen LogP contribution in [0.1, 0.15) is 114 Å². The molecule has 8 aromatic rings. The smallest absolute Gasteiger partial charge is 0.135 e. The highest BCUT2D eigenvalue weighted by molar-refractivity contribution is 5.74.